The Hall–Kier alpha value is -0.170. The quantitative estimate of drug-likeness (QED) is 0.815. The highest BCUT2D eigenvalue weighted by molar-refractivity contribution is 7.86. The van der Waals surface area contributed by atoms with E-state index in [9.17, 15) is 8.42 Å². The molecular formula is C15H31N3O2S. The van der Waals surface area contributed by atoms with Crippen molar-refractivity contribution in [3.63, 3.8) is 0 Å². The van der Waals surface area contributed by atoms with Crippen molar-refractivity contribution in [2.45, 2.75) is 77.4 Å². The molecule has 2 fully saturated rings. The van der Waals surface area contributed by atoms with Crippen LogP contribution < -0.4 is 5.32 Å². The van der Waals surface area contributed by atoms with Crippen molar-refractivity contribution in [3.8, 4) is 0 Å². The molecule has 2 rings (SSSR count). The van der Waals surface area contributed by atoms with Gasteiger partial charge in [-0.3, -0.25) is 0 Å². The second kappa shape index (κ2) is 7.40. The summed E-state index contributed by atoms with van der Waals surface area (Å²) in [5, 5.41) is 3.41. The Morgan fingerprint density at radius 3 is 2.33 bits per heavy atom. The fourth-order valence-electron chi connectivity index (χ4n) is 3.51. The van der Waals surface area contributed by atoms with E-state index in [1.807, 2.05) is 0 Å². The lowest BCUT2D eigenvalue weighted by Gasteiger charge is -2.38. The van der Waals surface area contributed by atoms with Crippen LogP contribution in [0.25, 0.3) is 0 Å². The minimum atomic E-state index is -3.29. The minimum Gasteiger partial charge on any atom is -0.313 e. The molecule has 2 saturated heterocycles. The second-order valence-corrected chi connectivity index (χ2v) is 8.48. The highest BCUT2D eigenvalue weighted by Gasteiger charge is 2.40. The highest BCUT2D eigenvalue weighted by Crippen LogP contribution is 2.29. The van der Waals surface area contributed by atoms with E-state index in [1.165, 1.54) is 0 Å². The molecule has 21 heavy (non-hydrogen) atoms. The zero-order valence-corrected chi connectivity index (χ0v) is 14.5. The van der Waals surface area contributed by atoms with E-state index in [0.717, 1.165) is 45.1 Å². The fourth-order valence-corrected chi connectivity index (χ4v) is 5.69. The molecular weight excluding hydrogens is 286 g/mol. The summed E-state index contributed by atoms with van der Waals surface area (Å²) in [4.78, 5) is 0. The maximum Gasteiger partial charge on any atom is 0.282 e. The number of hydrogen-bond acceptors (Lipinski definition) is 3. The summed E-state index contributed by atoms with van der Waals surface area (Å²) in [6, 6.07) is 0.714. The number of rotatable bonds is 6. The standard InChI is InChI=1S/C15H31N3O2S/c1-4-14-9-7-11-17(14)21(19,20)18-10-6-5-8-15(18)12-16-13(2)3/h13-16H,4-12H2,1-3H3. The predicted molar refractivity (Wildman–Crippen MR) is 86.4 cm³/mol. The molecule has 5 nitrogen and oxygen atoms in total. The summed E-state index contributed by atoms with van der Waals surface area (Å²) in [6.45, 7) is 8.44. The van der Waals surface area contributed by atoms with Crippen molar-refractivity contribution in [3.05, 3.63) is 0 Å². The van der Waals surface area contributed by atoms with Crippen LogP contribution in [0, 0.1) is 0 Å². The maximum atomic E-state index is 13.0. The minimum absolute atomic E-state index is 0.115. The van der Waals surface area contributed by atoms with Crippen LogP contribution in [-0.2, 0) is 10.2 Å². The van der Waals surface area contributed by atoms with Gasteiger partial charge in [0, 0.05) is 37.8 Å². The maximum absolute atomic E-state index is 13.0. The predicted octanol–water partition coefficient (Wildman–Crippen LogP) is 1.96. The van der Waals surface area contributed by atoms with Gasteiger partial charge in [-0.05, 0) is 32.1 Å². The van der Waals surface area contributed by atoms with Crippen molar-refractivity contribution in [1.29, 1.82) is 0 Å². The van der Waals surface area contributed by atoms with Crippen LogP contribution in [-0.4, -0.2) is 54.8 Å². The molecule has 0 aromatic heterocycles. The van der Waals surface area contributed by atoms with Gasteiger partial charge in [0.2, 0.25) is 0 Å². The van der Waals surface area contributed by atoms with Gasteiger partial charge in [-0.15, -0.1) is 0 Å². The third-order valence-corrected chi connectivity index (χ3v) is 6.87. The molecule has 0 aromatic rings. The van der Waals surface area contributed by atoms with Gasteiger partial charge in [0.15, 0.2) is 0 Å². The van der Waals surface area contributed by atoms with E-state index in [4.69, 9.17) is 0 Å². The van der Waals surface area contributed by atoms with Crippen molar-refractivity contribution in [2.75, 3.05) is 19.6 Å². The van der Waals surface area contributed by atoms with E-state index >= 15 is 0 Å². The van der Waals surface area contributed by atoms with Crippen molar-refractivity contribution < 1.29 is 8.42 Å². The normalized spacial score (nSPS) is 29.3. The SMILES string of the molecule is CCC1CCCN1S(=O)(=O)N1CCCCC1CNC(C)C. The molecule has 1 N–H and O–H groups in total. The third kappa shape index (κ3) is 3.97. The van der Waals surface area contributed by atoms with Crippen LogP contribution in [0.2, 0.25) is 0 Å². The average molecular weight is 317 g/mol. The van der Waals surface area contributed by atoms with Crippen LogP contribution >= 0.6 is 0 Å². The van der Waals surface area contributed by atoms with Gasteiger partial charge >= 0.3 is 0 Å². The molecule has 2 unspecified atom stereocenters. The Labute approximate surface area is 130 Å². The second-order valence-electron chi connectivity index (χ2n) is 6.65. The first-order chi connectivity index (χ1) is 9.96. The fraction of sp³-hybridized carbons (Fsp3) is 1.00. The number of nitrogens with one attached hydrogen (secondary N) is 1. The van der Waals surface area contributed by atoms with E-state index in [2.05, 4.69) is 26.1 Å². The van der Waals surface area contributed by atoms with Gasteiger partial charge in [0.05, 0.1) is 0 Å². The van der Waals surface area contributed by atoms with E-state index in [-0.39, 0.29) is 12.1 Å². The lowest BCUT2D eigenvalue weighted by Crippen LogP contribution is -2.54. The number of hydrogen-bond donors (Lipinski definition) is 1. The Kier molecular flexibility index (Phi) is 6.05. The Morgan fingerprint density at radius 1 is 1.05 bits per heavy atom. The van der Waals surface area contributed by atoms with Crippen molar-refractivity contribution >= 4 is 10.2 Å². The monoisotopic (exact) mass is 317 g/mol. The van der Waals surface area contributed by atoms with Crippen LogP contribution in [0.3, 0.4) is 0 Å². The summed E-state index contributed by atoms with van der Waals surface area (Å²) in [5.74, 6) is 0. The molecule has 2 aliphatic heterocycles. The summed E-state index contributed by atoms with van der Waals surface area (Å²) < 4.78 is 29.6. The molecule has 0 spiro atoms. The van der Waals surface area contributed by atoms with Gasteiger partial charge in [-0.2, -0.15) is 17.0 Å². The molecule has 0 bridgehead atoms. The van der Waals surface area contributed by atoms with Crippen molar-refractivity contribution in [2.24, 2.45) is 0 Å². The number of piperidine rings is 1. The molecule has 2 heterocycles. The number of nitrogens with zero attached hydrogens (tertiary/aromatic N) is 2. The molecule has 0 aliphatic carbocycles. The molecule has 0 amide bonds. The third-order valence-electron chi connectivity index (χ3n) is 4.72. The topological polar surface area (TPSA) is 52.7 Å². The van der Waals surface area contributed by atoms with E-state index in [0.29, 0.717) is 19.1 Å². The zero-order chi connectivity index (χ0) is 15.5. The van der Waals surface area contributed by atoms with Gasteiger partial charge in [-0.1, -0.05) is 27.2 Å². The zero-order valence-electron chi connectivity index (χ0n) is 13.7. The molecule has 0 saturated carbocycles. The lowest BCUT2D eigenvalue weighted by molar-refractivity contribution is 0.219. The Morgan fingerprint density at radius 2 is 1.67 bits per heavy atom. The van der Waals surface area contributed by atoms with Crippen LogP contribution in [0.1, 0.15) is 59.3 Å². The largest absolute Gasteiger partial charge is 0.313 e. The molecule has 0 radical (unpaired) electrons. The molecule has 2 aliphatic rings. The van der Waals surface area contributed by atoms with Crippen LogP contribution in [0.15, 0.2) is 0 Å². The molecule has 124 valence electrons. The summed E-state index contributed by atoms with van der Waals surface area (Å²) in [6.07, 6.45) is 6.03. The summed E-state index contributed by atoms with van der Waals surface area (Å²) in [5.41, 5.74) is 0. The van der Waals surface area contributed by atoms with Crippen LogP contribution in [0.4, 0.5) is 0 Å². The average Bonchev–Trinajstić information content (AvgIpc) is 2.94. The Bertz CT molecular complexity index is 425. The first-order valence-electron chi connectivity index (χ1n) is 8.48. The van der Waals surface area contributed by atoms with Crippen molar-refractivity contribution in [1.82, 2.24) is 13.9 Å². The molecule has 6 heteroatoms. The summed E-state index contributed by atoms with van der Waals surface area (Å²) >= 11 is 0. The molecule has 0 aromatic carbocycles. The first kappa shape index (κ1) is 17.2. The first-order valence-corrected chi connectivity index (χ1v) is 9.88. The van der Waals surface area contributed by atoms with E-state index in [1.54, 1.807) is 8.61 Å². The van der Waals surface area contributed by atoms with Gasteiger partial charge in [-0.25, -0.2) is 0 Å². The Balaban J connectivity index is 2.11. The lowest BCUT2D eigenvalue weighted by atomic mass is 10.0. The smallest absolute Gasteiger partial charge is 0.282 e. The van der Waals surface area contributed by atoms with E-state index < -0.39 is 10.2 Å². The van der Waals surface area contributed by atoms with Crippen LogP contribution in [0.5, 0.6) is 0 Å². The van der Waals surface area contributed by atoms with Gasteiger partial charge in [0.25, 0.3) is 10.2 Å². The van der Waals surface area contributed by atoms with Gasteiger partial charge < -0.3 is 5.32 Å². The summed E-state index contributed by atoms with van der Waals surface area (Å²) in [7, 11) is -3.29. The highest BCUT2D eigenvalue weighted by atomic mass is 32.2. The molecule has 2 atom stereocenters. The van der Waals surface area contributed by atoms with Gasteiger partial charge in [0.1, 0.15) is 0 Å².